The van der Waals surface area contributed by atoms with Gasteiger partial charge in [-0.2, -0.15) is 0 Å². The van der Waals surface area contributed by atoms with Gasteiger partial charge in [0.15, 0.2) is 0 Å². The SMILES string of the molecule is CCC(C)(C)C(=O)N1CCC(=NO)CC1. The number of carbonyl (C=O) groups is 1. The Balaban J connectivity index is 2.57. The van der Waals surface area contributed by atoms with Crippen LogP contribution >= 0.6 is 0 Å². The number of rotatable bonds is 2. The van der Waals surface area contributed by atoms with Crippen LogP contribution in [0.5, 0.6) is 0 Å². The molecule has 1 aliphatic heterocycles. The van der Waals surface area contributed by atoms with E-state index in [2.05, 4.69) is 5.16 Å². The first-order chi connectivity index (χ1) is 7.01. The van der Waals surface area contributed by atoms with Gasteiger partial charge in [0, 0.05) is 31.3 Å². The van der Waals surface area contributed by atoms with Gasteiger partial charge in [-0.1, -0.05) is 25.9 Å². The van der Waals surface area contributed by atoms with Crippen LogP contribution in [0.15, 0.2) is 5.16 Å². The fraction of sp³-hybridized carbons (Fsp3) is 0.818. The van der Waals surface area contributed by atoms with Gasteiger partial charge in [0.1, 0.15) is 0 Å². The first-order valence-electron chi connectivity index (χ1n) is 5.50. The molecule has 0 aliphatic carbocycles. The van der Waals surface area contributed by atoms with E-state index in [4.69, 9.17) is 5.21 Å². The van der Waals surface area contributed by atoms with Gasteiger partial charge >= 0.3 is 0 Å². The molecule has 0 atom stereocenters. The highest BCUT2D eigenvalue weighted by atomic mass is 16.4. The lowest BCUT2D eigenvalue weighted by Gasteiger charge is -2.33. The Hall–Kier alpha value is -1.06. The Morgan fingerprint density at radius 2 is 2.00 bits per heavy atom. The second-order valence-corrected chi connectivity index (χ2v) is 4.70. The van der Waals surface area contributed by atoms with Crippen molar-refractivity contribution < 1.29 is 10.0 Å². The average molecular weight is 212 g/mol. The van der Waals surface area contributed by atoms with Crippen molar-refractivity contribution in [2.45, 2.75) is 40.0 Å². The predicted molar refractivity (Wildman–Crippen MR) is 59.1 cm³/mol. The fourth-order valence-corrected chi connectivity index (χ4v) is 1.65. The van der Waals surface area contributed by atoms with Gasteiger partial charge in [-0.3, -0.25) is 4.79 Å². The normalized spacial score (nSPS) is 17.8. The minimum Gasteiger partial charge on any atom is -0.411 e. The zero-order valence-electron chi connectivity index (χ0n) is 9.79. The topological polar surface area (TPSA) is 52.9 Å². The summed E-state index contributed by atoms with van der Waals surface area (Å²) in [6.07, 6.45) is 2.24. The van der Waals surface area contributed by atoms with Gasteiger partial charge in [-0.25, -0.2) is 0 Å². The maximum absolute atomic E-state index is 12.1. The second kappa shape index (κ2) is 4.64. The summed E-state index contributed by atoms with van der Waals surface area (Å²) in [6, 6.07) is 0. The van der Waals surface area contributed by atoms with Crippen molar-refractivity contribution in [2.75, 3.05) is 13.1 Å². The van der Waals surface area contributed by atoms with E-state index in [1.54, 1.807) is 0 Å². The molecule has 86 valence electrons. The Bertz CT molecular complexity index is 262. The molecule has 0 bridgehead atoms. The summed E-state index contributed by atoms with van der Waals surface area (Å²) in [5, 5.41) is 11.8. The van der Waals surface area contributed by atoms with Gasteiger partial charge in [0.25, 0.3) is 0 Å². The number of nitrogens with zero attached hydrogens (tertiary/aromatic N) is 2. The van der Waals surface area contributed by atoms with Crippen molar-refractivity contribution in [3.63, 3.8) is 0 Å². The molecule has 0 aromatic heterocycles. The molecular formula is C11H20N2O2. The number of hydrogen-bond acceptors (Lipinski definition) is 3. The number of likely N-dealkylation sites (tertiary alicyclic amines) is 1. The predicted octanol–water partition coefficient (Wildman–Crippen LogP) is 1.88. The molecular weight excluding hydrogens is 192 g/mol. The van der Waals surface area contributed by atoms with Crippen LogP contribution in [-0.4, -0.2) is 34.8 Å². The van der Waals surface area contributed by atoms with Crippen molar-refractivity contribution in [2.24, 2.45) is 10.6 Å². The first-order valence-corrected chi connectivity index (χ1v) is 5.50. The Morgan fingerprint density at radius 1 is 1.47 bits per heavy atom. The first kappa shape index (κ1) is 12.0. The van der Waals surface area contributed by atoms with E-state index in [0.717, 1.165) is 12.1 Å². The Morgan fingerprint density at radius 3 is 2.40 bits per heavy atom. The molecule has 1 fully saturated rings. The van der Waals surface area contributed by atoms with Crippen LogP contribution in [0.4, 0.5) is 0 Å². The average Bonchev–Trinajstić information content (AvgIpc) is 2.28. The molecule has 0 unspecified atom stereocenters. The molecule has 0 aromatic carbocycles. The van der Waals surface area contributed by atoms with Crippen molar-refractivity contribution in [1.29, 1.82) is 0 Å². The number of oxime groups is 1. The van der Waals surface area contributed by atoms with E-state index in [1.807, 2.05) is 25.7 Å². The lowest BCUT2D eigenvalue weighted by atomic mass is 9.88. The van der Waals surface area contributed by atoms with Gasteiger partial charge in [-0.15, -0.1) is 0 Å². The number of piperidine rings is 1. The van der Waals surface area contributed by atoms with Crippen molar-refractivity contribution in [3.8, 4) is 0 Å². The van der Waals surface area contributed by atoms with E-state index in [9.17, 15) is 4.79 Å². The van der Waals surface area contributed by atoms with Crippen LogP contribution in [-0.2, 0) is 4.79 Å². The molecule has 1 aliphatic rings. The lowest BCUT2D eigenvalue weighted by molar-refractivity contribution is -0.140. The third-order valence-corrected chi connectivity index (χ3v) is 3.23. The smallest absolute Gasteiger partial charge is 0.228 e. The summed E-state index contributed by atoms with van der Waals surface area (Å²) in [7, 11) is 0. The fourth-order valence-electron chi connectivity index (χ4n) is 1.65. The summed E-state index contributed by atoms with van der Waals surface area (Å²) >= 11 is 0. The zero-order valence-corrected chi connectivity index (χ0v) is 9.79. The maximum atomic E-state index is 12.1. The quantitative estimate of drug-likeness (QED) is 0.561. The minimum absolute atomic E-state index is 0.210. The van der Waals surface area contributed by atoms with Gasteiger partial charge in [0.05, 0.1) is 5.71 Å². The standard InChI is InChI=1S/C11H20N2O2/c1-4-11(2,3)10(14)13-7-5-9(12-15)6-8-13/h15H,4-8H2,1-3H3. The molecule has 1 N–H and O–H groups in total. The van der Waals surface area contributed by atoms with Crippen LogP contribution < -0.4 is 0 Å². The minimum atomic E-state index is -0.270. The van der Waals surface area contributed by atoms with Crippen LogP contribution in [0.25, 0.3) is 0 Å². The monoisotopic (exact) mass is 212 g/mol. The maximum Gasteiger partial charge on any atom is 0.228 e. The van der Waals surface area contributed by atoms with E-state index >= 15 is 0 Å². The highest BCUT2D eigenvalue weighted by Gasteiger charge is 2.31. The van der Waals surface area contributed by atoms with Gasteiger partial charge in [-0.05, 0) is 6.42 Å². The summed E-state index contributed by atoms with van der Waals surface area (Å²) in [4.78, 5) is 13.9. The molecule has 1 saturated heterocycles. The largest absolute Gasteiger partial charge is 0.411 e. The molecule has 1 rings (SSSR count). The highest BCUT2D eigenvalue weighted by Crippen LogP contribution is 2.24. The Kier molecular flexibility index (Phi) is 3.72. The van der Waals surface area contributed by atoms with Crippen molar-refractivity contribution >= 4 is 11.6 Å². The van der Waals surface area contributed by atoms with Crippen LogP contribution in [0, 0.1) is 5.41 Å². The molecule has 0 spiro atoms. The van der Waals surface area contributed by atoms with Crippen molar-refractivity contribution in [3.05, 3.63) is 0 Å². The van der Waals surface area contributed by atoms with Gasteiger partial charge in [0.2, 0.25) is 5.91 Å². The molecule has 1 amide bonds. The second-order valence-electron chi connectivity index (χ2n) is 4.70. The Labute approximate surface area is 90.9 Å². The van der Waals surface area contributed by atoms with Crippen LogP contribution in [0.2, 0.25) is 0 Å². The third kappa shape index (κ3) is 2.70. The molecule has 1 heterocycles. The molecule has 0 aromatic rings. The number of carbonyl (C=O) groups excluding carboxylic acids is 1. The lowest BCUT2D eigenvalue weighted by Crippen LogP contribution is -2.45. The zero-order chi connectivity index (χ0) is 11.5. The molecule has 4 heteroatoms. The highest BCUT2D eigenvalue weighted by molar-refractivity contribution is 5.88. The number of hydrogen-bond donors (Lipinski definition) is 1. The molecule has 4 nitrogen and oxygen atoms in total. The van der Waals surface area contributed by atoms with E-state index < -0.39 is 0 Å². The number of amides is 1. The molecule has 0 radical (unpaired) electrons. The molecule has 0 saturated carbocycles. The van der Waals surface area contributed by atoms with Crippen molar-refractivity contribution in [1.82, 2.24) is 4.90 Å². The van der Waals surface area contributed by atoms with E-state index in [1.165, 1.54) is 0 Å². The molecule has 15 heavy (non-hydrogen) atoms. The van der Waals surface area contributed by atoms with E-state index in [-0.39, 0.29) is 11.3 Å². The summed E-state index contributed by atoms with van der Waals surface area (Å²) in [5.41, 5.74) is 0.529. The van der Waals surface area contributed by atoms with Crippen LogP contribution in [0.1, 0.15) is 40.0 Å². The summed E-state index contributed by atoms with van der Waals surface area (Å²) < 4.78 is 0. The van der Waals surface area contributed by atoms with Crippen LogP contribution in [0.3, 0.4) is 0 Å². The van der Waals surface area contributed by atoms with E-state index in [0.29, 0.717) is 25.9 Å². The van der Waals surface area contributed by atoms with Gasteiger partial charge < -0.3 is 10.1 Å². The summed E-state index contributed by atoms with van der Waals surface area (Å²) in [6.45, 7) is 7.35. The third-order valence-electron chi connectivity index (χ3n) is 3.23. The summed E-state index contributed by atoms with van der Waals surface area (Å²) in [5.74, 6) is 0.210.